The molecule has 17 aromatic carbocycles. The second-order valence-electron chi connectivity index (χ2n) is 32.6. The predicted molar refractivity (Wildman–Crippen MR) is 568 cm³/mol. The quantitative estimate of drug-likeness (QED) is 0.0196. The number of pyridine rings is 1. The van der Waals surface area contributed by atoms with E-state index in [4.69, 9.17) is 90.0 Å². The first-order chi connectivity index (χ1) is 66.1. The molecule has 17 nitrogen and oxygen atoms in total. The van der Waals surface area contributed by atoms with Crippen molar-refractivity contribution < 1.29 is 36.2 Å². The van der Waals surface area contributed by atoms with Gasteiger partial charge in [-0.25, -0.2) is 4.98 Å². The molecule has 698 valence electrons. The Kier molecular flexibility index (Phi) is 32.8. The van der Waals surface area contributed by atoms with Crippen molar-refractivity contribution in [1.29, 1.82) is 0 Å². The van der Waals surface area contributed by atoms with E-state index in [0.717, 1.165) is 189 Å². The molecular weight excluding hydrogens is 1750 g/mol. The minimum absolute atomic E-state index is 0.0595. The van der Waals surface area contributed by atoms with Gasteiger partial charge in [0.15, 0.2) is 8.07 Å². The van der Waals surface area contributed by atoms with Crippen molar-refractivity contribution in [3.63, 3.8) is 0 Å². The maximum absolute atomic E-state index is 13.7. The van der Waals surface area contributed by atoms with Gasteiger partial charge in [-0.2, -0.15) is 26.3 Å². The van der Waals surface area contributed by atoms with Gasteiger partial charge < -0.3 is 90.1 Å². The molecule has 0 fully saturated rings. The normalized spacial score (nSPS) is 11.0. The SMILES string of the molecule is COc1cc(N)ccc1-c1ccc(N)cc1CO.Cc1cc(-c2ccc(N)c(C)c2)ccc1N.Nc1ccc(-c2ccc(N)cc2)cc1.Nc1ccc(-c2cccc(-c3ccc(N)cc3)n2)cc1.Nc1ccc(C(c2ccc(N)cc2)(C(F)(F)F)C(F)(F)F)cc1.Nc1ccc([Si](c2ccccc2)(c2ccccc2)c2ccc(N)cc2)cc1.Nc1cccc(-c2cccc(-c3cccc(N)c3)c2)c1. The first kappa shape index (κ1) is 99.7. The van der Waals surface area contributed by atoms with Crippen molar-refractivity contribution in [1.82, 2.24) is 4.98 Å². The molecule has 1 aromatic heterocycles. The zero-order valence-electron chi connectivity index (χ0n) is 76.2. The third-order valence-electron chi connectivity index (χ3n) is 22.9. The summed E-state index contributed by atoms with van der Waals surface area (Å²) in [7, 11) is -0.865. The van der Waals surface area contributed by atoms with Crippen molar-refractivity contribution in [2.75, 3.05) is 87.4 Å². The molecule has 0 saturated heterocycles. The zero-order chi connectivity index (χ0) is 98.9. The van der Waals surface area contributed by atoms with E-state index in [-0.39, 0.29) is 18.0 Å². The summed E-state index contributed by atoms with van der Waals surface area (Å²) >= 11 is 0. The molecule has 0 spiro atoms. The number of nitrogens with zero attached hydrogens (tertiary/aromatic N) is 1. The lowest BCUT2D eigenvalue weighted by molar-refractivity contribution is -0.288. The third-order valence-corrected chi connectivity index (χ3v) is 27.7. The summed E-state index contributed by atoms with van der Waals surface area (Å²) in [6.07, 6.45) is -11.2. The number of hydrogen-bond acceptors (Lipinski definition) is 17. The van der Waals surface area contributed by atoms with Gasteiger partial charge in [-0.3, -0.25) is 0 Å². The molecule has 0 aliphatic rings. The zero-order valence-corrected chi connectivity index (χ0v) is 77.2. The van der Waals surface area contributed by atoms with Crippen LogP contribution in [0.3, 0.4) is 0 Å². The van der Waals surface area contributed by atoms with Crippen LogP contribution in [0.4, 0.5) is 106 Å². The number of anilines is 14. The van der Waals surface area contributed by atoms with Crippen LogP contribution in [0.15, 0.2) is 419 Å². The summed E-state index contributed by atoms with van der Waals surface area (Å²) in [5.41, 5.74) is 101. The fourth-order valence-electron chi connectivity index (χ4n) is 15.7. The highest BCUT2D eigenvalue weighted by molar-refractivity contribution is 7.19. The van der Waals surface area contributed by atoms with Gasteiger partial charge in [-0.05, 0) is 301 Å². The number of nitrogens with two attached hydrogens (primary N) is 14. The largest absolute Gasteiger partial charge is 0.496 e. The molecule has 138 heavy (non-hydrogen) atoms. The second-order valence-corrected chi connectivity index (χ2v) is 36.4. The van der Waals surface area contributed by atoms with Gasteiger partial charge in [0.25, 0.3) is 0 Å². The maximum Gasteiger partial charge on any atom is 0.411 e. The molecule has 18 aromatic rings. The van der Waals surface area contributed by atoms with Crippen molar-refractivity contribution >= 4 is 108 Å². The molecule has 0 aliphatic carbocycles. The minimum atomic E-state index is -5.61. The van der Waals surface area contributed by atoms with Crippen molar-refractivity contribution in [2.24, 2.45) is 0 Å². The number of aryl methyl sites for hydroxylation is 2. The lowest BCUT2D eigenvalue weighted by atomic mass is 9.73. The molecule has 0 radical (unpaired) electrons. The molecule has 29 N–H and O–H groups in total. The van der Waals surface area contributed by atoms with Gasteiger partial charge in [-0.1, -0.05) is 224 Å². The Bertz CT molecular complexity index is 6620. The number of aliphatic hydroxyl groups excluding tert-OH is 1. The van der Waals surface area contributed by atoms with E-state index in [0.29, 0.717) is 17.1 Å². The van der Waals surface area contributed by atoms with Crippen LogP contribution in [-0.4, -0.2) is 37.6 Å². The van der Waals surface area contributed by atoms with E-state index in [1.165, 1.54) is 31.9 Å². The molecule has 0 atom stereocenters. The molecule has 18 rings (SSSR count). The van der Waals surface area contributed by atoms with Crippen LogP contribution in [0.5, 0.6) is 5.75 Å². The molecule has 1 heterocycles. The summed E-state index contributed by atoms with van der Waals surface area (Å²) in [6.45, 7) is 3.96. The number of nitrogen functional groups attached to an aromatic ring is 14. The molecular formula is C114H109F6N15O2Si. The van der Waals surface area contributed by atoms with Gasteiger partial charge >= 0.3 is 12.4 Å². The summed E-state index contributed by atoms with van der Waals surface area (Å²) in [4.78, 5) is 4.69. The summed E-state index contributed by atoms with van der Waals surface area (Å²) in [6, 6.07) is 129. The molecule has 0 unspecified atom stereocenters. The number of ether oxygens (including phenoxy) is 1. The van der Waals surface area contributed by atoms with Crippen LogP contribution in [0.25, 0.3) is 78.1 Å². The van der Waals surface area contributed by atoms with Gasteiger partial charge in [0.05, 0.1) is 25.1 Å². The average molecular weight is 1860 g/mol. The maximum atomic E-state index is 13.7. The minimum Gasteiger partial charge on any atom is -0.496 e. The highest BCUT2D eigenvalue weighted by Gasteiger charge is 2.72. The Labute approximate surface area is 800 Å². The monoisotopic (exact) mass is 1860 g/mol. The van der Waals surface area contributed by atoms with Gasteiger partial charge in [0.1, 0.15) is 5.75 Å². The summed E-state index contributed by atoms with van der Waals surface area (Å²) in [5.74, 6) is 0.675. The van der Waals surface area contributed by atoms with Gasteiger partial charge in [-0.15, -0.1) is 0 Å². The second kappa shape index (κ2) is 45.4. The van der Waals surface area contributed by atoms with Crippen LogP contribution >= 0.6 is 0 Å². The van der Waals surface area contributed by atoms with E-state index >= 15 is 0 Å². The number of alkyl halides is 6. The Balaban J connectivity index is 0.000000146. The highest BCUT2D eigenvalue weighted by Crippen LogP contribution is 2.56. The molecule has 0 aliphatic heterocycles. The van der Waals surface area contributed by atoms with Crippen molar-refractivity contribution in [3.8, 4) is 83.9 Å². The number of methoxy groups -OCH3 is 1. The number of rotatable bonds is 15. The van der Waals surface area contributed by atoms with Crippen LogP contribution in [-0.2, 0) is 12.0 Å². The lowest BCUT2D eigenvalue weighted by Crippen LogP contribution is -2.74. The van der Waals surface area contributed by atoms with Crippen LogP contribution in [0.1, 0.15) is 27.8 Å². The van der Waals surface area contributed by atoms with E-state index in [2.05, 4.69) is 133 Å². The van der Waals surface area contributed by atoms with Crippen molar-refractivity contribution in [2.45, 2.75) is 38.2 Å². The third kappa shape index (κ3) is 24.9. The van der Waals surface area contributed by atoms with Crippen molar-refractivity contribution in [3.05, 3.63) is 446 Å². The Hall–Kier alpha value is -17.4. The van der Waals surface area contributed by atoms with Gasteiger partial charge in [0, 0.05) is 102 Å². The lowest BCUT2D eigenvalue weighted by Gasteiger charge is -2.38. The average Bonchev–Trinajstić information content (AvgIpc) is 0.718. The van der Waals surface area contributed by atoms with E-state index < -0.39 is 37.0 Å². The van der Waals surface area contributed by atoms with Crippen LogP contribution in [0, 0.1) is 13.8 Å². The molecule has 0 saturated carbocycles. The number of halogens is 6. The Morgan fingerprint density at radius 3 is 0.862 bits per heavy atom. The Morgan fingerprint density at radius 2 is 0.529 bits per heavy atom. The molecule has 0 bridgehead atoms. The van der Waals surface area contributed by atoms with Crippen LogP contribution < -0.4 is 106 Å². The van der Waals surface area contributed by atoms with Gasteiger partial charge in [0.2, 0.25) is 5.41 Å². The topological polar surface area (TPSA) is 407 Å². The Morgan fingerprint density at radius 1 is 0.254 bits per heavy atom. The summed E-state index contributed by atoms with van der Waals surface area (Å²) in [5, 5.41) is 14.7. The van der Waals surface area contributed by atoms with E-state index in [9.17, 15) is 31.4 Å². The highest BCUT2D eigenvalue weighted by atomic mass is 28.3. The fourth-order valence-corrected chi connectivity index (χ4v) is 20.4. The van der Waals surface area contributed by atoms with E-state index in [1.807, 2.05) is 226 Å². The number of benzene rings is 17. The predicted octanol–water partition coefficient (Wildman–Crippen LogP) is 21.9. The standard InChI is InChI=1S/C24H22N2Si.C18H16N2.C17H15N3.C15H12F6N2.C14H16N2O2.C14H16N2.C12H12N2/c25-19-11-15-23(16-12-19)27(21-7-3-1-4-8-21,22-9-5-2-6-10-22)24-17-13-20(26)14-18-24;19-17-8-2-6-15(11-17)13-4-1-5-14(10-13)16-7-3-9-18(20)12-16;18-14-8-4-12(5-9-14)16-2-1-3-17(20-16)13-6-10-15(19)11-7-13;16-14(17,18)13(15(19,20)21,9-1-5-11(22)6-2-9)10-3-7-12(23)8-4-10;1-18-14-7-11(16)3-5-13(14)12-4-2-10(15)6-9(12)8-17;1-9-7-11(3-5-13(9)15)12-4-6-14(16)10(2)8-12;13-11-5-1-9(2-6-11)10-3-7-12(14)8-4-10/h1-18H,25-26H2;1-12H,19-20H2;1-11H,18-19H2;1-8H,22-23H2;2-7,17H,8,15-16H2,1H3;3-8H,15-16H2,1-2H3;1-8H,13-14H2. The number of aromatic nitrogens is 1. The first-order valence-corrected chi connectivity index (χ1v) is 45.7. The molecule has 0 amide bonds. The fraction of sp³-hybridized carbons (Fsp3) is 0.0614. The number of hydrogen-bond donors (Lipinski definition) is 15. The number of aliphatic hydroxyl groups is 1. The summed E-state index contributed by atoms with van der Waals surface area (Å²) < 4.78 is 87.3. The van der Waals surface area contributed by atoms with Crippen LogP contribution in [0.2, 0.25) is 0 Å². The smallest absolute Gasteiger partial charge is 0.411 e. The van der Waals surface area contributed by atoms with E-state index in [1.54, 1.807) is 31.4 Å². The first-order valence-electron chi connectivity index (χ1n) is 43.7. The molecule has 24 heteroatoms.